The van der Waals surface area contributed by atoms with Gasteiger partial charge in [-0.3, -0.25) is 9.89 Å². The number of nitrogens with one attached hydrogen (secondary N) is 2. The van der Waals surface area contributed by atoms with Crippen molar-refractivity contribution in [2.45, 2.75) is 38.5 Å². The van der Waals surface area contributed by atoms with E-state index >= 15 is 0 Å². The van der Waals surface area contributed by atoms with E-state index in [0.717, 1.165) is 34.8 Å². The number of H-pyrrole nitrogens is 1. The number of hydrogen-bond acceptors (Lipinski definition) is 3. The van der Waals surface area contributed by atoms with Crippen molar-refractivity contribution in [1.29, 1.82) is 0 Å². The number of aryl methyl sites for hydroxylation is 1. The molecule has 2 aliphatic carbocycles. The number of hydrogen-bond donors (Lipinski definition) is 2. The predicted octanol–water partition coefficient (Wildman–Crippen LogP) is 3.67. The molecule has 1 atom stereocenters. The van der Waals surface area contributed by atoms with E-state index in [9.17, 15) is 4.79 Å². The van der Waals surface area contributed by atoms with Gasteiger partial charge < -0.3 is 5.32 Å². The lowest BCUT2D eigenvalue weighted by Gasteiger charge is -2.35. The highest BCUT2D eigenvalue weighted by Crippen LogP contribution is 2.59. The molecule has 2 aromatic rings. The molecule has 1 aliphatic heterocycles. The number of ketones is 1. The van der Waals surface area contributed by atoms with Gasteiger partial charge in [0.15, 0.2) is 11.6 Å². The van der Waals surface area contributed by atoms with E-state index in [4.69, 9.17) is 0 Å². The Balaban J connectivity index is 1.72. The minimum absolute atomic E-state index is 0.00444. The van der Waals surface area contributed by atoms with Crippen LogP contribution < -0.4 is 5.32 Å². The van der Waals surface area contributed by atoms with Crippen LogP contribution in [-0.2, 0) is 4.79 Å². The molecule has 3 aliphatic rings. The van der Waals surface area contributed by atoms with Crippen molar-refractivity contribution >= 4 is 11.6 Å². The summed E-state index contributed by atoms with van der Waals surface area (Å²) in [6, 6.07) is 10.3. The third-order valence-electron chi connectivity index (χ3n) is 5.64. The summed E-state index contributed by atoms with van der Waals surface area (Å²) >= 11 is 0. The van der Waals surface area contributed by atoms with Gasteiger partial charge in [-0.1, -0.05) is 30.3 Å². The molecule has 0 saturated heterocycles. The van der Waals surface area contributed by atoms with Gasteiger partial charge in [0, 0.05) is 34.9 Å². The standard InChI is InChI=1S/C19H19N3O/c1-11-15-16(12-5-3-2-4-6-12)17-13(20-18(15)22-21-11)9-19(7-8-19)10-14(17)23/h2-6,16H,7-10H2,1H3,(H2,20,21,22). The molecule has 1 unspecified atom stereocenters. The van der Waals surface area contributed by atoms with Crippen LogP contribution in [0.2, 0.25) is 0 Å². The van der Waals surface area contributed by atoms with Gasteiger partial charge in [0.2, 0.25) is 0 Å². The second-order valence-corrected chi connectivity index (χ2v) is 7.25. The molecular formula is C19H19N3O. The van der Waals surface area contributed by atoms with E-state index in [2.05, 4.69) is 27.6 Å². The number of carbonyl (C=O) groups excluding carboxylic acids is 1. The Morgan fingerprint density at radius 3 is 2.70 bits per heavy atom. The first kappa shape index (κ1) is 13.1. The molecule has 1 fully saturated rings. The molecule has 1 aromatic carbocycles. The number of carbonyl (C=O) groups is 1. The van der Waals surface area contributed by atoms with Crippen molar-refractivity contribution in [1.82, 2.24) is 10.2 Å². The molecule has 4 nitrogen and oxygen atoms in total. The van der Waals surface area contributed by atoms with E-state index in [1.54, 1.807) is 0 Å². The molecule has 0 radical (unpaired) electrons. The van der Waals surface area contributed by atoms with E-state index in [0.29, 0.717) is 12.2 Å². The summed E-state index contributed by atoms with van der Waals surface area (Å²) in [5.41, 5.74) is 5.64. The molecule has 23 heavy (non-hydrogen) atoms. The number of aromatic amines is 1. The number of allylic oxidation sites excluding steroid dienone is 2. The smallest absolute Gasteiger partial charge is 0.162 e. The zero-order chi connectivity index (χ0) is 15.6. The molecular weight excluding hydrogens is 286 g/mol. The van der Waals surface area contributed by atoms with Crippen LogP contribution in [0.4, 0.5) is 5.82 Å². The number of fused-ring (bicyclic) bond motifs is 1. The quantitative estimate of drug-likeness (QED) is 0.845. The van der Waals surface area contributed by atoms with Gasteiger partial charge in [-0.05, 0) is 37.2 Å². The Labute approximate surface area is 135 Å². The summed E-state index contributed by atoms with van der Waals surface area (Å²) in [4.78, 5) is 13.0. The number of benzene rings is 1. The Morgan fingerprint density at radius 1 is 1.17 bits per heavy atom. The average Bonchev–Trinajstić information content (AvgIpc) is 3.19. The van der Waals surface area contributed by atoms with Crippen molar-refractivity contribution < 1.29 is 4.79 Å². The number of anilines is 1. The predicted molar refractivity (Wildman–Crippen MR) is 88.2 cm³/mol. The first-order chi connectivity index (χ1) is 11.2. The van der Waals surface area contributed by atoms with E-state index < -0.39 is 0 Å². The van der Waals surface area contributed by atoms with Gasteiger partial charge in [0.25, 0.3) is 0 Å². The van der Waals surface area contributed by atoms with Gasteiger partial charge in [-0.15, -0.1) is 0 Å². The van der Waals surface area contributed by atoms with Crippen molar-refractivity contribution in [3.8, 4) is 0 Å². The molecule has 116 valence electrons. The van der Waals surface area contributed by atoms with Crippen LogP contribution in [0.15, 0.2) is 41.6 Å². The van der Waals surface area contributed by atoms with Crippen molar-refractivity contribution in [2.75, 3.05) is 5.32 Å². The largest absolute Gasteiger partial charge is 0.342 e. The Morgan fingerprint density at radius 2 is 1.96 bits per heavy atom. The van der Waals surface area contributed by atoms with Crippen LogP contribution in [0, 0.1) is 12.3 Å². The zero-order valence-electron chi connectivity index (χ0n) is 13.1. The fourth-order valence-corrected chi connectivity index (χ4v) is 4.27. The van der Waals surface area contributed by atoms with Crippen LogP contribution >= 0.6 is 0 Å². The number of nitrogens with zero attached hydrogens (tertiary/aromatic N) is 1. The summed E-state index contributed by atoms with van der Waals surface area (Å²) in [7, 11) is 0. The SMILES string of the molecule is Cc1[nH]nc2c1C(c1ccccc1)C1=C(CC3(CC3)CC1=O)N2. The fraction of sp³-hybridized carbons (Fsp3) is 0.368. The lowest BCUT2D eigenvalue weighted by atomic mass is 9.72. The number of aromatic nitrogens is 2. The minimum Gasteiger partial charge on any atom is -0.342 e. The highest BCUT2D eigenvalue weighted by atomic mass is 16.1. The first-order valence-corrected chi connectivity index (χ1v) is 8.30. The number of Topliss-reactive ketones (excluding diaryl/α,β-unsaturated/α-hetero) is 1. The molecule has 4 heteroatoms. The molecule has 2 N–H and O–H groups in total. The Hall–Kier alpha value is -2.36. The number of rotatable bonds is 1. The van der Waals surface area contributed by atoms with Gasteiger partial charge in [0.05, 0.1) is 0 Å². The monoisotopic (exact) mass is 305 g/mol. The zero-order valence-corrected chi connectivity index (χ0v) is 13.1. The van der Waals surface area contributed by atoms with Crippen LogP contribution in [-0.4, -0.2) is 16.0 Å². The summed E-state index contributed by atoms with van der Waals surface area (Å²) < 4.78 is 0. The third kappa shape index (κ3) is 1.84. The maximum absolute atomic E-state index is 13.0. The second-order valence-electron chi connectivity index (χ2n) is 7.25. The van der Waals surface area contributed by atoms with Crippen molar-refractivity contribution in [2.24, 2.45) is 5.41 Å². The van der Waals surface area contributed by atoms with Crippen LogP contribution in [0.25, 0.3) is 0 Å². The van der Waals surface area contributed by atoms with E-state index in [1.165, 1.54) is 18.4 Å². The van der Waals surface area contributed by atoms with Gasteiger partial charge in [-0.2, -0.15) is 5.10 Å². The summed E-state index contributed by atoms with van der Waals surface area (Å²) in [6.45, 7) is 2.03. The lowest BCUT2D eigenvalue weighted by Crippen LogP contribution is -2.31. The van der Waals surface area contributed by atoms with Gasteiger partial charge in [0.1, 0.15) is 0 Å². The molecule has 0 bridgehead atoms. The normalized spacial score (nSPS) is 24.2. The van der Waals surface area contributed by atoms with Crippen LogP contribution in [0.5, 0.6) is 0 Å². The summed E-state index contributed by atoms with van der Waals surface area (Å²) in [5, 5.41) is 11.0. The van der Waals surface area contributed by atoms with Crippen LogP contribution in [0.3, 0.4) is 0 Å². The molecule has 5 rings (SSSR count). The lowest BCUT2D eigenvalue weighted by molar-refractivity contribution is -0.117. The fourth-order valence-electron chi connectivity index (χ4n) is 4.27. The molecule has 1 spiro atoms. The van der Waals surface area contributed by atoms with Gasteiger partial charge >= 0.3 is 0 Å². The molecule has 2 heterocycles. The molecule has 1 aromatic heterocycles. The van der Waals surface area contributed by atoms with Crippen LogP contribution in [0.1, 0.15) is 48.4 Å². The molecule has 1 saturated carbocycles. The van der Waals surface area contributed by atoms with Gasteiger partial charge in [-0.25, -0.2) is 0 Å². The molecule has 0 amide bonds. The first-order valence-electron chi connectivity index (χ1n) is 8.30. The highest BCUT2D eigenvalue weighted by Gasteiger charge is 2.51. The summed E-state index contributed by atoms with van der Waals surface area (Å²) in [6.07, 6.45) is 4.06. The Kier molecular flexibility index (Phi) is 2.48. The second kappa shape index (κ2) is 4.34. The van der Waals surface area contributed by atoms with Crippen molar-refractivity contribution in [3.05, 3.63) is 58.4 Å². The van der Waals surface area contributed by atoms with E-state index in [-0.39, 0.29) is 11.3 Å². The maximum atomic E-state index is 13.0. The maximum Gasteiger partial charge on any atom is 0.162 e. The highest BCUT2D eigenvalue weighted by molar-refractivity contribution is 6.01. The third-order valence-corrected chi connectivity index (χ3v) is 5.64. The minimum atomic E-state index is 0.00444. The van der Waals surface area contributed by atoms with E-state index in [1.807, 2.05) is 25.1 Å². The Bertz CT molecular complexity index is 843. The average molecular weight is 305 g/mol. The summed E-state index contributed by atoms with van der Waals surface area (Å²) in [5.74, 6) is 1.21. The topological polar surface area (TPSA) is 57.8 Å². The van der Waals surface area contributed by atoms with Crippen molar-refractivity contribution in [3.63, 3.8) is 0 Å².